The van der Waals surface area contributed by atoms with E-state index in [1.54, 1.807) is 23.1 Å². The van der Waals surface area contributed by atoms with Crippen molar-refractivity contribution in [3.63, 3.8) is 0 Å². The monoisotopic (exact) mass is 453 g/mol. The van der Waals surface area contributed by atoms with Gasteiger partial charge < -0.3 is 9.80 Å². The summed E-state index contributed by atoms with van der Waals surface area (Å²) in [5.74, 6) is 0.445. The number of sulfonamides is 1. The summed E-state index contributed by atoms with van der Waals surface area (Å²) < 4.78 is 28.7. The molecule has 1 aliphatic carbocycles. The van der Waals surface area contributed by atoms with Crippen molar-refractivity contribution in [2.75, 3.05) is 18.0 Å². The molecule has 0 radical (unpaired) electrons. The third kappa shape index (κ3) is 4.17. The molecule has 8 heteroatoms. The fourth-order valence-corrected chi connectivity index (χ4v) is 5.60. The van der Waals surface area contributed by atoms with Crippen LogP contribution in [0.25, 0.3) is 0 Å². The number of amides is 2. The number of likely N-dealkylation sites (tertiary alicyclic amines) is 1. The highest BCUT2D eigenvalue weighted by Crippen LogP contribution is 2.37. The van der Waals surface area contributed by atoms with E-state index in [9.17, 15) is 18.0 Å². The molecule has 3 aliphatic rings. The van der Waals surface area contributed by atoms with Crippen molar-refractivity contribution in [2.24, 2.45) is 5.92 Å². The van der Waals surface area contributed by atoms with Gasteiger partial charge in [-0.05, 0) is 60.6 Å². The highest BCUT2D eigenvalue weighted by Gasteiger charge is 2.36. The third-order valence-corrected chi connectivity index (χ3v) is 7.95. The van der Waals surface area contributed by atoms with Crippen LogP contribution in [0.5, 0.6) is 0 Å². The van der Waals surface area contributed by atoms with Gasteiger partial charge in [0.1, 0.15) is 0 Å². The maximum atomic E-state index is 13.0. The topological polar surface area (TPSA) is 86.8 Å². The van der Waals surface area contributed by atoms with Gasteiger partial charge in [-0.3, -0.25) is 9.59 Å². The predicted molar refractivity (Wildman–Crippen MR) is 120 cm³/mol. The standard InChI is InChI=1S/C24H27N3O4S/c28-23-6-3-12-26(23)16-20-5-2-1-4-19(20)15-25-32(30,31)21-9-10-22-18(14-21)11-13-27(22)24(29)17-7-8-17/h1-2,4-5,9-10,14,17,25H,3,6-8,11-13,15-16H2. The number of hydrogen-bond acceptors (Lipinski definition) is 4. The lowest BCUT2D eigenvalue weighted by molar-refractivity contribution is -0.128. The summed E-state index contributed by atoms with van der Waals surface area (Å²) in [5.41, 5.74) is 3.54. The maximum Gasteiger partial charge on any atom is 0.240 e. The first-order chi connectivity index (χ1) is 15.4. The molecule has 0 aromatic heterocycles. The number of hydrogen-bond donors (Lipinski definition) is 1. The van der Waals surface area contributed by atoms with E-state index in [1.807, 2.05) is 29.2 Å². The fraction of sp³-hybridized carbons (Fsp3) is 0.417. The molecule has 7 nitrogen and oxygen atoms in total. The molecule has 2 aromatic carbocycles. The van der Waals surface area contributed by atoms with Crippen LogP contribution in [0.1, 0.15) is 42.4 Å². The van der Waals surface area contributed by atoms with Gasteiger partial charge in [-0.25, -0.2) is 13.1 Å². The average Bonchev–Trinajstić information content (AvgIpc) is 3.44. The van der Waals surface area contributed by atoms with E-state index >= 15 is 0 Å². The zero-order valence-corrected chi connectivity index (χ0v) is 18.7. The van der Waals surface area contributed by atoms with Gasteiger partial charge in [-0.1, -0.05) is 24.3 Å². The minimum Gasteiger partial charge on any atom is -0.338 e. The molecule has 2 aliphatic heterocycles. The van der Waals surface area contributed by atoms with Crippen LogP contribution < -0.4 is 9.62 Å². The quantitative estimate of drug-likeness (QED) is 0.698. The van der Waals surface area contributed by atoms with Gasteiger partial charge in [0, 0.05) is 44.2 Å². The first-order valence-corrected chi connectivity index (χ1v) is 12.7. The van der Waals surface area contributed by atoms with Gasteiger partial charge in [-0.15, -0.1) is 0 Å². The molecule has 0 unspecified atom stereocenters. The van der Waals surface area contributed by atoms with Gasteiger partial charge >= 0.3 is 0 Å². The molecular formula is C24H27N3O4S. The van der Waals surface area contributed by atoms with Crippen LogP contribution in [0.3, 0.4) is 0 Å². The van der Waals surface area contributed by atoms with Gasteiger partial charge in [0.05, 0.1) is 4.90 Å². The third-order valence-electron chi connectivity index (χ3n) is 6.55. The second kappa shape index (κ2) is 8.33. The summed E-state index contributed by atoms with van der Waals surface area (Å²) in [7, 11) is -3.71. The lowest BCUT2D eigenvalue weighted by atomic mass is 10.1. The molecule has 32 heavy (non-hydrogen) atoms. The Morgan fingerprint density at radius 2 is 1.81 bits per heavy atom. The lowest BCUT2D eigenvalue weighted by Gasteiger charge is -2.19. The first kappa shape index (κ1) is 21.2. The van der Waals surface area contributed by atoms with Gasteiger partial charge in [-0.2, -0.15) is 0 Å². The second-order valence-electron chi connectivity index (χ2n) is 8.82. The molecule has 1 saturated heterocycles. The number of rotatable bonds is 7. The SMILES string of the molecule is O=C1CCCN1Cc1ccccc1CNS(=O)(=O)c1ccc2c(c1)CCN2C(=O)C1CC1. The molecule has 0 bridgehead atoms. The van der Waals surface area contributed by atoms with Crippen LogP contribution in [0.15, 0.2) is 47.4 Å². The Bertz CT molecular complexity index is 1170. The molecule has 2 heterocycles. The maximum absolute atomic E-state index is 13.0. The Balaban J connectivity index is 1.29. The number of anilines is 1. The Labute approximate surface area is 188 Å². The van der Waals surface area contributed by atoms with Crippen molar-refractivity contribution in [2.45, 2.75) is 50.1 Å². The van der Waals surface area contributed by atoms with Crippen LogP contribution in [0, 0.1) is 5.92 Å². The van der Waals surface area contributed by atoms with Crippen LogP contribution in [0.4, 0.5) is 5.69 Å². The highest BCUT2D eigenvalue weighted by atomic mass is 32.2. The van der Waals surface area contributed by atoms with Crippen molar-refractivity contribution in [3.8, 4) is 0 Å². The molecule has 5 rings (SSSR count). The average molecular weight is 454 g/mol. The minimum absolute atomic E-state index is 0.141. The van der Waals surface area contributed by atoms with Crippen molar-refractivity contribution in [1.29, 1.82) is 0 Å². The second-order valence-corrected chi connectivity index (χ2v) is 10.6. The summed E-state index contributed by atoms with van der Waals surface area (Å²) >= 11 is 0. The number of nitrogens with one attached hydrogen (secondary N) is 1. The van der Waals surface area contributed by atoms with Crippen LogP contribution in [-0.4, -0.2) is 38.2 Å². The smallest absolute Gasteiger partial charge is 0.240 e. The summed E-state index contributed by atoms with van der Waals surface area (Å²) in [6.45, 7) is 2.02. The molecule has 2 aromatic rings. The summed E-state index contributed by atoms with van der Waals surface area (Å²) in [4.78, 5) is 28.3. The molecule has 1 saturated carbocycles. The van der Waals surface area contributed by atoms with E-state index in [2.05, 4.69) is 4.72 Å². The largest absolute Gasteiger partial charge is 0.338 e. The first-order valence-electron chi connectivity index (χ1n) is 11.2. The predicted octanol–water partition coefficient (Wildman–Crippen LogP) is 2.59. The number of benzene rings is 2. The zero-order valence-electron chi connectivity index (χ0n) is 17.9. The van der Waals surface area contributed by atoms with Gasteiger partial charge in [0.25, 0.3) is 0 Å². The summed E-state index contributed by atoms with van der Waals surface area (Å²) in [5, 5.41) is 0. The van der Waals surface area contributed by atoms with Crippen molar-refractivity contribution < 1.29 is 18.0 Å². The Morgan fingerprint density at radius 1 is 1.03 bits per heavy atom. The van der Waals surface area contributed by atoms with Crippen molar-refractivity contribution in [1.82, 2.24) is 9.62 Å². The van der Waals surface area contributed by atoms with E-state index in [1.165, 1.54) is 0 Å². The number of fused-ring (bicyclic) bond motifs is 1. The van der Waals surface area contributed by atoms with Crippen LogP contribution in [0.2, 0.25) is 0 Å². The molecule has 2 fully saturated rings. The molecule has 168 valence electrons. The minimum atomic E-state index is -3.71. The normalized spacial score (nSPS) is 18.3. The molecule has 0 atom stereocenters. The molecular weight excluding hydrogens is 426 g/mol. The lowest BCUT2D eigenvalue weighted by Crippen LogP contribution is -2.30. The van der Waals surface area contributed by atoms with E-state index in [4.69, 9.17) is 0 Å². The van der Waals surface area contributed by atoms with Crippen molar-refractivity contribution in [3.05, 3.63) is 59.2 Å². The van der Waals surface area contributed by atoms with Gasteiger partial charge in [0.15, 0.2) is 0 Å². The molecule has 2 amide bonds. The van der Waals surface area contributed by atoms with Gasteiger partial charge in [0.2, 0.25) is 21.8 Å². The fourth-order valence-electron chi connectivity index (χ4n) is 4.54. The van der Waals surface area contributed by atoms with E-state index in [-0.39, 0.29) is 29.2 Å². The molecule has 0 spiro atoms. The number of carbonyl (C=O) groups excluding carboxylic acids is 2. The highest BCUT2D eigenvalue weighted by molar-refractivity contribution is 7.89. The Kier molecular flexibility index (Phi) is 5.51. The Morgan fingerprint density at radius 3 is 2.53 bits per heavy atom. The number of nitrogens with zero attached hydrogens (tertiary/aromatic N) is 2. The van der Waals surface area contributed by atoms with Crippen LogP contribution in [-0.2, 0) is 39.1 Å². The summed E-state index contributed by atoms with van der Waals surface area (Å²) in [6, 6.07) is 12.6. The van der Waals surface area contributed by atoms with E-state index < -0.39 is 10.0 Å². The molecule has 1 N–H and O–H groups in total. The Hall–Kier alpha value is -2.71. The van der Waals surface area contributed by atoms with Crippen LogP contribution >= 0.6 is 0 Å². The summed E-state index contributed by atoms with van der Waals surface area (Å²) in [6.07, 6.45) is 4.03. The van der Waals surface area contributed by atoms with E-state index in [0.29, 0.717) is 25.9 Å². The van der Waals surface area contributed by atoms with Crippen molar-refractivity contribution >= 4 is 27.5 Å². The zero-order chi connectivity index (χ0) is 22.3. The van der Waals surface area contributed by atoms with E-state index in [0.717, 1.165) is 48.2 Å². The number of carbonyl (C=O) groups is 2.